The average Bonchev–Trinajstić information content (AvgIpc) is 2.80. The molecule has 0 saturated heterocycles. The van der Waals surface area contributed by atoms with Crippen molar-refractivity contribution in [2.75, 3.05) is 7.11 Å². The number of nitrogens with one attached hydrogen (secondary N) is 2. The topological polar surface area (TPSA) is 67.0 Å². The number of nitrogens with zero attached hydrogens (tertiary/aromatic N) is 1. The van der Waals surface area contributed by atoms with E-state index in [4.69, 9.17) is 4.74 Å². The summed E-state index contributed by atoms with van der Waals surface area (Å²) >= 11 is 0. The standard InChI is InChI=1S/C14H18FN3O2/c1-14(2,20-3)7-12(19)16-8-11-17-10-6-4-5-9(15)13(10)18-11/h4-6H,7-8H2,1-3H3,(H,16,19)(H,17,18). The number of fused-ring (bicyclic) bond motifs is 1. The van der Waals surface area contributed by atoms with Gasteiger partial charge in [-0.1, -0.05) is 6.07 Å². The second-order valence-electron chi connectivity index (χ2n) is 5.24. The summed E-state index contributed by atoms with van der Waals surface area (Å²) in [6.07, 6.45) is 0.248. The van der Waals surface area contributed by atoms with Crippen LogP contribution in [0.15, 0.2) is 18.2 Å². The quantitative estimate of drug-likeness (QED) is 0.881. The summed E-state index contributed by atoms with van der Waals surface area (Å²) in [7, 11) is 1.56. The monoisotopic (exact) mass is 279 g/mol. The van der Waals surface area contributed by atoms with Crippen LogP contribution in [-0.2, 0) is 16.1 Å². The third-order valence-electron chi connectivity index (χ3n) is 3.10. The minimum absolute atomic E-state index is 0.141. The van der Waals surface area contributed by atoms with Crippen molar-refractivity contribution >= 4 is 16.9 Å². The van der Waals surface area contributed by atoms with Crippen LogP contribution in [0.3, 0.4) is 0 Å². The molecule has 0 saturated carbocycles. The van der Waals surface area contributed by atoms with Crippen molar-refractivity contribution < 1.29 is 13.9 Å². The number of methoxy groups -OCH3 is 1. The first kappa shape index (κ1) is 14.5. The largest absolute Gasteiger partial charge is 0.378 e. The molecule has 0 atom stereocenters. The first-order chi connectivity index (χ1) is 9.41. The van der Waals surface area contributed by atoms with E-state index in [1.54, 1.807) is 19.2 Å². The van der Waals surface area contributed by atoms with Crippen LogP contribution in [0, 0.1) is 5.82 Å². The number of aromatic nitrogens is 2. The highest BCUT2D eigenvalue weighted by Gasteiger charge is 2.21. The lowest BCUT2D eigenvalue weighted by molar-refractivity contribution is -0.126. The van der Waals surface area contributed by atoms with Crippen LogP contribution < -0.4 is 5.32 Å². The van der Waals surface area contributed by atoms with Gasteiger partial charge in [-0.2, -0.15) is 0 Å². The Morgan fingerprint density at radius 2 is 2.25 bits per heavy atom. The number of carbonyl (C=O) groups excluding carboxylic acids is 1. The molecular weight excluding hydrogens is 261 g/mol. The highest BCUT2D eigenvalue weighted by molar-refractivity contribution is 5.77. The van der Waals surface area contributed by atoms with E-state index >= 15 is 0 Å². The highest BCUT2D eigenvalue weighted by Crippen LogP contribution is 2.15. The third kappa shape index (κ3) is 3.33. The number of benzene rings is 1. The van der Waals surface area contributed by atoms with Gasteiger partial charge in [0, 0.05) is 7.11 Å². The summed E-state index contributed by atoms with van der Waals surface area (Å²) in [5.41, 5.74) is 0.393. The van der Waals surface area contributed by atoms with E-state index in [9.17, 15) is 9.18 Å². The zero-order valence-corrected chi connectivity index (χ0v) is 11.8. The van der Waals surface area contributed by atoms with Gasteiger partial charge in [-0.05, 0) is 26.0 Å². The van der Waals surface area contributed by atoms with Crippen molar-refractivity contribution in [1.82, 2.24) is 15.3 Å². The molecular formula is C14H18FN3O2. The summed E-state index contributed by atoms with van der Waals surface area (Å²) in [5, 5.41) is 2.73. The molecule has 2 N–H and O–H groups in total. The summed E-state index contributed by atoms with van der Waals surface area (Å²) in [5.74, 6) is 0.00305. The number of amides is 1. The van der Waals surface area contributed by atoms with Gasteiger partial charge in [0.15, 0.2) is 5.82 Å². The predicted molar refractivity (Wildman–Crippen MR) is 73.6 cm³/mol. The van der Waals surface area contributed by atoms with E-state index in [2.05, 4.69) is 15.3 Å². The van der Waals surface area contributed by atoms with E-state index < -0.39 is 5.60 Å². The number of hydrogen-bond acceptors (Lipinski definition) is 3. The lowest BCUT2D eigenvalue weighted by atomic mass is 10.1. The van der Waals surface area contributed by atoms with Crippen molar-refractivity contribution in [1.29, 1.82) is 0 Å². The molecule has 0 spiro atoms. The molecule has 0 unspecified atom stereocenters. The zero-order valence-electron chi connectivity index (χ0n) is 11.8. The average molecular weight is 279 g/mol. The van der Waals surface area contributed by atoms with Crippen LogP contribution in [0.2, 0.25) is 0 Å². The number of carbonyl (C=O) groups is 1. The number of aromatic amines is 1. The number of para-hydroxylation sites is 1. The maximum atomic E-state index is 13.5. The van der Waals surface area contributed by atoms with Gasteiger partial charge >= 0.3 is 0 Å². The fourth-order valence-electron chi connectivity index (χ4n) is 1.84. The first-order valence-corrected chi connectivity index (χ1v) is 6.36. The van der Waals surface area contributed by atoms with Crippen LogP contribution in [0.25, 0.3) is 11.0 Å². The normalized spacial score (nSPS) is 11.8. The van der Waals surface area contributed by atoms with Crippen molar-refractivity contribution in [2.45, 2.75) is 32.4 Å². The Morgan fingerprint density at radius 1 is 1.50 bits per heavy atom. The molecule has 0 aliphatic carbocycles. The lowest BCUT2D eigenvalue weighted by Crippen LogP contribution is -2.33. The van der Waals surface area contributed by atoms with Crippen LogP contribution in [-0.4, -0.2) is 28.6 Å². The molecule has 0 aliphatic rings. The van der Waals surface area contributed by atoms with Gasteiger partial charge in [0.2, 0.25) is 5.91 Å². The third-order valence-corrected chi connectivity index (χ3v) is 3.10. The van der Waals surface area contributed by atoms with Crippen LogP contribution in [0.5, 0.6) is 0 Å². The summed E-state index contributed by atoms with van der Waals surface area (Å²) in [4.78, 5) is 18.9. The van der Waals surface area contributed by atoms with Crippen molar-refractivity contribution in [2.24, 2.45) is 0 Å². The molecule has 108 valence electrons. The van der Waals surface area contributed by atoms with Crippen LogP contribution in [0.4, 0.5) is 4.39 Å². The minimum atomic E-state index is -0.510. The van der Waals surface area contributed by atoms with Gasteiger partial charge < -0.3 is 15.0 Å². The molecule has 0 fully saturated rings. The minimum Gasteiger partial charge on any atom is -0.378 e. The van der Waals surface area contributed by atoms with Crippen LogP contribution in [0.1, 0.15) is 26.1 Å². The van der Waals surface area contributed by atoms with E-state index in [0.717, 1.165) is 0 Å². The van der Waals surface area contributed by atoms with Gasteiger partial charge in [0.1, 0.15) is 11.3 Å². The number of H-pyrrole nitrogens is 1. The highest BCUT2D eigenvalue weighted by atomic mass is 19.1. The molecule has 6 heteroatoms. The second kappa shape index (κ2) is 5.58. The Morgan fingerprint density at radius 3 is 2.90 bits per heavy atom. The predicted octanol–water partition coefficient (Wildman–Crippen LogP) is 2.13. The molecule has 5 nitrogen and oxygen atoms in total. The number of imidazole rings is 1. The molecule has 20 heavy (non-hydrogen) atoms. The zero-order chi connectivity index (χ0) is 14.8. The Bertz CT molecular complexity index is 622. The SMILES string of the molecule is COC(C)(C)CC(=O)NCc1nc2c(F)cccc2[nH]1. The van der Waals surface area contributed by atoms with E-state index in [1.165, 1.54) is 6.07 Å². The molecule has 0 bridgehead atoms. The van der Waals surface area contributed by atoms with E-state index in [1.807, 2.05) is 13.8 Å². The fraction of sp³-hybridized carbons (Fsp3) is 0.429. The number of ether oxygens (including phenoxy) is 1. The molecule has 1 amide bonds. The first-order valence-electron chi connectivity index (χ1n) is 6.36. The maximum Gasteiger partial charge on any atom is 0.223 e. The van der Waals surface area contributed by atoms with Gasteiger partial charge in [-0.25, -0.2) is 9.37 Å². The summed E-state index contributed by atoms with van der Waals surface area (Å²) in [6, 6.07) is 4.71. The van der Waals surface area contributed by atoms with Gasteiger partial charge in [0.05, 0.1) is 24.1 Å². The van der Waals surface area contributed by atoms with Gasteiger partial charge in [-0.15, -0.1) is 0 Å². The molecule has 0 radical (unpaired) electrons. The van der Waals surface area contributed by atoms with Crippen molar-refractivity contribution in [3.63, 3.8) is 0 Å². The maximum absolute atomic E-state index is 13.5. The van der Waals surface area contributed by atoms with E-state index in [-0.39, 0.29) is 30.2 Å². The molecule has 1 aromatic heterocycles. The Balaban J connectivity index is 1.99. The lowest BCUT2D eigenvalue weighted by Gasteiger charge is -2.21. The molecule has 2 rings (SSSR count). The van der Waals surface area contributed by atoms with Crippen molar-refractivity contribution in [3.8, 4) is 0 Å². The van der Waals surface area contributed by atoms with E-state index in [0.29, 0.717) is 11.3 Å². The summed E-state index contributed by atoms with van der Waals surface area (Å²) in [6.45, 7) is 3.90. The second-order valence-corrected chi connectivity index (χ2v) is 5.24. The molecule has 0 aliphatic heterocycles. The molecule has 1 aromatic carbocycles. The fourth-order valence-corrected chi connectivity index (χ4v) is 1.84. The Kier molecular flexibility index (Phi) is 4.04. The van der Waals surface area contributed by atoms with Gasteiger partial charge in [-0.3, -0.25) is 4.79 Å². The Labute approximate surface area is 116 Å². The Hall–Kier alpha value is -1.95. The van der Waals surface area contributed by atoms with Crippen LogP contribution >= 0.6 is 0 Å². The van der Waals surface area contributed by atoms with Gasteiger partial charge in [0.25, 0.3) is 0 Å². The summed E-state index contributed by atoms with van der Waals surface area (Å²) < 4.78 is 18.7. The van der Waals surface area contributed by atoms with Crippen molar-refractivity contribution in [3.05, 3.63) is 29.8 Å². The number of hydrogen-bond donors (Lipinski definition) is 2. The number of rotatable bonds is 5. The molecule has 2 aromatic rings. The number of halogens is 1. The molecule has 1 heterocycles. The smallest absolute Gasteiger partial charge is 0.223 e.